The van der Waals surface area contributed by atoms with Crippen LogP contribution in [0.15, 0.2) is 40.6 Å². The van der Waals surface area contributed by atoms with Crippen molar-refractivity contribution in [2.24, 2.45) is 5.73 Å². The molecule has 3 N–H and O–H groups in total. The van der Waals surface area contributed by atoms with Gasteiger partial charge in [-0.2, -0.15) is 8.42 Å². The second-order valence-electron chi connectivity index (χ2n) is 3.69. The maximum absolute atomic E-state index is 10.5. The van der Waals surface area contributed by atoms with E-state index in [9.17, 15) is 23.3 Å². The normalized spacial score (nSPS) is 10.5. The van der Waals surface area contributed by atoms with Gasteiger partial charge in [-0.05, 0) is 12.1 Å². The van der Waals surface area contributed by atoms with E-state index < -0.39 is 24.9 Å². The summed E-state index contributed by atoms with van der Waals surface area (Å²) in [5, 5.41) is 10.2. The number of carbonyl (C=O) groups excluding carboxylic acids is 1. The van der Waals surface area contributed by atoms with Crippen LogP contribution < -0.4 is 5.73 Å². The largest absolute Gasteiger partial charge is 0.366 e. The van der Waals surface area contributed by atoms with Crippen molar-refractivity contribution >= 4 is 44.7 Å². The van der Waals surface area contributed by atoms with E-state index in [1.165, 1.54) is 0 Å². The van der Waals surface area contributed by atoms with Crippen LogP contribution in [0.3, 0.4) is 0 Å². The predicted molar refractivity (Wildman–Crippen MR) is 80.8 cm³/mol. The third-order valence-corrected chi connectivity index (χ3v) is 4.80. The maximum Gasteiger partial charge on any atom is 0.304 e. The van der Waals surface area contributed by atoms with Gasteiger partial charge < -0.3 is 5.73 Å². The average molecular weight is 365 g/mol. The first-order valence-corrected chi connectivity index (χ1v) is 8.02. The molecule has 0 spiro atoms. The number of hydrogen-bond donors (Lipinski definition) is 2. The fourth-order valence-corrected chi connectivity index (χ4v) is 3.22. The Balaban J connectivity index is 0.000000235. The maximum atomic E-state index is 10.5. The van der Waals surface area contributed by atoms with Crippen LogP contribution in [0.4, 0.5) is 5.69 Å². The first kappa shape index (κ1) is 18.0. The van der Waals surface area contributed by atoms with E-state index in [1.807, 2.05) is 6.07 Å². The average Bonchev–Trinajstić information content (AvgIpc) is 2.83. The molecule has 1 aromatic heterocycles. The van der Waals surface area contributed by atoms with Gasteiger partial charge in [0.2, 0.25) is 5.91 Å². The summed E-state index contributed by atoms with van der Waals surface area (Å²) in [5.41, 5.74) is 5.00. The van der Waals surface area contributed by atoms with E-state index in [2.05, 4.69) is 0 Å². The minimum atomic E-state index is -4.41. The highest BCUT2D eigenvalue weighted by molar-refractivity contribution is 7.88. The van der Waals surface area contributed by atoms with Gasteiger partial charge in [0.05, 0.1) is 4.92 Å². The first-order chi connectivity index (χ1) is 10.1. The number of primary amides is 1. The summed E-state index contributed by atoms with van der Waals surface area (Å²) >= 11 is 5.78. The third kappa shape index (κ3) is 5.07. The number of nitrogens with zero attached hydrogens (tertiary/aromatic N) is 1. The van der Waals surface area contributed by atoms with Gasteiger partial charge in [-0.25, -0.2) is 0 Å². The summed E-state index contributed by atoms with van der Waals surface area (Å²) < 4.78 is 28.7. The van der Waals surface area contributed by atoms with Crippen molar-refractivity contribution in [2.75, 3.05) is 0 Å². The molecule has 118 valence electrons. The van der Waals surface area contributed by atoms with E-state index in [-0.39, 0.29) is 10.2 Å². The molecule has 0 bridgehead atoms. The highest BCUT2D eigenvalue weighted by Gasteiger charge is 2.23. The molecule has 0 fully saturated rings. The monoisotopic (exact) mass is 364 g/mol. The van der Waals surface area contributed by atoms with E-state index in [1.54, 1.807) is 24.3 Å². The lowest BCUT2D eigenvalue weighted by Crippen LogP contribution is -2.09. The standard InChI is InChI=1S/C7H7NO.C4H2ClNO5S2/c8-7(9)6-4-2-1-3-5-6;5-4-2(6(7)8)1-3(12-4)13(9,10)11/h1-5H,(H2,8,9);1H,(H,9,10,11). The second-order valence-corrected chi connectivity index (χ2v) is 6.99. The predicted octanol–water partition coefficient (Wildman–Crippen LogP) is 2.34. The quantitative estimate of drug-likeness (QED) is 0.486. The molecule has 0 radical (unpaired) electrons. The molecular weight excluding hydrogens is 356 g/mol. The Bertz CT molecular complexity index is 788. The van der Waals surface area contributed by atoms with E-state index in [0.29, 0.717) is 23.0 Å². The lowest BCUT2D eigenvalue weighted by Gasteiger charge is -1.89. The number of amides is 1. The molecule has 0 saturated carbocycles. The van der Waals surface area contributed by atoms with Crippen LogP contribution in [0, 0.1) is 10.1 Å². The lowest BCUT2D eigenvalue weighted by molar-refractivity contribution is -0.384. The van der Waals surface area contributed by atoms with Gasteiger partial charge in [0, 0.05) is 11.6 Å². The van der Waals surface area contributed by atoms with Crippen LogP contribution in [0.2, 0.25) is 4.34 Å². The van der Waals surface area contributed by atoms with Crippen LogP contribution in [0.5, 0.6) is 0 Å². The molecule has 8 nitrogen and oxygen atoms in total. The topological polar surface area (TPSA) is 141 Å². The molecule has 0 aliphatic carbocycles. The van der Waals surface area contributed by atoms with Crippen molar-refractivity contribution in [2.45, 2.75) is 4.21 Å². The molecule has 22 heavy (non-hydrogen) atoms. The van der Waals surface area contributed by atoms with Gasteiger partial charge in [-0.1, -0.05) is 29.8 Å². The Morgan fingerprint density at radius 3 is 2.14 bits per heavy atom. The van der Waals surface area contributed by atoms with Gasteiger partial charge in [0.25, 0.3) is 5.69 Å². The number of thiophene rings is 1. The molecule has 0 unspecified atom stereocenters. The van der Waals surface area contributed by atoms with Crippen LogP contribution in [0.25, 0.3) is 0 Å². The summed E-state index contributed by atoms with van der Waals surface area (Å²) in [6, 6.07) is 9.47. The number of nitro groups is 1. The van der Waals surface area contributed by atoms with Gasteiger partial charge in [-0.15, -0.1) is 11.3 Å². The first-order valence-electron chi connectivity index (χ1n) is 5.39. The molecule has 2 rings (SSSR count). The van der Waals surface area contributed by atoms with Crippen LogP contribution in [0.1, 0.15) is 10.4 Å². The highest BCUT2D eigenvalue weighted by atomic mass is 35.5. The highest BCUT2D eigenvalue weighted by Crippen LogP contribution is 2.35. The lowest BCUT2D eigenvalue weighted by atomic mass is 10.2. The molecule has 1 amide bonds. The van der Waals surface area contributed by atoms with E-state index >= 15 is 0 Å². The number of rotatable bonds is 3. The van der Waals surface area contributed by atoms with Crippen LogP contribution in [-0.4, -0.2) is 23.8 Å². The van der Waals surface area contributed by atoms with Crippen molar-refractivity contribution < 1.29 is 22.7 Å². The molecule has 0 aliphatic rings. The summed E-state index contributed by atoms with van der Waals surface area (Å²) in [5.74, 6) is -0.379. The van der Waals surface area contributed by atoms with Crippen molar-refractivity contribution in [3.8, 4) is 0 Å². The molecular formula is C11H9ClN2O6S2. The van der Waals surface area contributed by atoms with Gasteiger partial charge in [-0.3, -0.25) is 19.5 Å². The Morgan fingerprint density at radius 2 is 1.86 bits per heavy atom. The fraction of sp³-hybridized carbons (Fsp3) is 0. The minimum Gasteiger partial charge on any atom is -0.366 e. The molecule has 0 saturated heterocycles. The summed E-state index contributed by atoms with van der Waals surface area (Å²) in [4.78, 5) is 19.8. The van der Waals surface area contributed by atoms with E-state index in [0.717, 1.165) is 0 Å². The smallest absolute Gasteiger partial charge is 0.304 e. The SMILES string of the molecule is NC(=O)c1ccccc1.O=[N+]([O-])c1cc(S(=O)(=O)O)sc1Cl. The molecule has 2 aromatic rings. The number of benzene rings is 1. The van der Waals surface area contributed by atoms with Crippen molar-refractivity contribution in [1.29, 1.82) is 0 Å². The van der Waals surface area contributed by atoms with Crippen LogP contribution in [-0.2, 0) is 10.1 Å². The van der Waals surface area contributed by atoms with Crippen molar-refractivity contribution in [1.82, 2.24) is 0 Å². The van der Waals surface area contributed by atoms with E-state index in [4.69, 9.17) is 21.9 Å². The Morgan fingerprint density at radius 1 is 1.32 bits per heavy atom. The number of halogens is 1. The number of nitrogens with two attached hydrogens (primary N) is 1. The Hall–Kier alpha value is -2.01. The van der Waals surface area contributed by atoms with Crippen molar-refractivity contribution in [3.05, 3.63) is 56.4 Å². The molecule has 0 atom stereocenters. The van der Waals surface area contributed by atoms with Gasteiger partial charge in [0.1, 0.15) is 0 Å². The third-order valence-electron chi connectivity index (χ3n) is 2.16. The Labute approximate surface area is 134 Å². The molecule has 1 heterocycles. The molecule has 11 heteroatoms. The van der Waals surface area contributed by atoms with Crippen molar-refractivity contribution in [3.63, 3.8) is 0 Å². The van der Waals surface area contributed by atoms with Gasteiger partial charge >= 0.3 is 10.1 Å². The molecule has 1 aromatic carbocycles. The minimum absolute atomic E-state index is 0.280. The number of carbonyl (C=O) groups is 1. The zero-order valence-electron chi connectivity index (χ0n) is 10.7. The summed E-state index contributed by atoms with van der Waals surface area (Å²) in [7, 11) is -4.41. The van der Waals surface area contributed by atoms with Crippen LogP contribution >= 0.6 is 22.9 Å². The zero-order chi connectivity index (χ0) is 16.9. The Kier molecular flexibility index (Phi) is 6.00. The second kappa shape index (κ2) is 7.31. The summed E-state index contributed by atoms with van der Waals surface area (Å²) in [6.45, 7) is 0. The zero-order valence-corrected chi connectivity index (χ0v) is 13.1. The fourth-order valence-electron chi connectivity index (χ4n) is 1.19. The molecule has 0 aliphatic heterocycles. The van der Waals surface area contributed by atoms with Gasteiger partial charge in [0.15, 0.2) is 8.55 Å². The number of hydrogen-bond acceptors (Lipinski definition) is 6. The summed E-state index contributed by atoms with van der Waals surface area (Å²) in [6.07, 6.45) is 0.